The Bertz CT molecular complexity index is 1030. The standard InChI is InChI=1S/C24H27N3O4/c1-4-16(3)22(29)26-18-7-5-6-17(13-18)14-25-21(28)10-11-27-23(30)19-9-8-15(2)12-20(19)24(27)31/h5-9,12-13,16H,4,10-11,14H2,1-3H3,(H,25,28)(H,26,29). The van der Waals surface area contributed by atoms with Crippen LogP contribution in [0, 0.1) is 12.8 Å². The van der Waals surface area contributed by atoms with Crippen LogP contribution in [0.4, 0.5) is 5.69 Å². The molecule has 162 valence electrons. The first-order valence-electron chi connectivity index (χ1n) is 10.4. The third-order valence-electron chi connectivity index (χ3n) is 5.43. The zero-order valence-electron chi connectivity index (χ0n) is 18.0. The molecule has 0 saturated carbocycles. The molecule has 0 aliphatic carbocycles. The molecule has 0 bridgehead atoms. The second-order valence-corrected chi connectivity index (χ2v) is 7.84. The van der Waals surface area contributed by atoms with E-state index in [9.17, 15) is 19.2 Å². The number of benzene rings is 2. The number of hydrogen-bond acceptors (Lipinski definition) is 4. The molecular formula is C24H27N3O4. The predicted octanol–water partition coefficient (Wildman–Crippen LogP) is 3.28. The lowest BCUT2D eigenvalue weighted by Crippen LogP contribution is -2.34. The molecule has 0 aromatic heterocycles. The van der Waals surface area contributed by atoms with Crippen LogP contribution in [0.15, 0.2) is 42.5 Å². The van der Waals surface area contributed by atoms with Gasteiger partial charge in [0.1, 0.15) is 0 Å². The van der Waals surface area contributed by atoms with Gasteiger partial charge in [-0.2, -0.15) is 0 Å². The zero-order chi connectivity index (χ0) is 22.5. The topological polar surface area (TPSA) is 95.6 Å². The van der Waals surface area contributed by atoms with Crippen LogP contribution in [0.1, 0.15) is 58.5 Å². The number of nitrogens with zero attached hydrogens (tertiary/aromatic N) is 1. The number of carbonyl (C=O) groups excluding carboxylic acids is 4. The Kier molecular flexibility index (Phi) is 6.84. The summed E-state index contributed by atoms with van der Waals surface area (Å²) in [7, 11) is 0. The summed E-state index contributed by atoms with van der Waals surface area (Å²) >= 11 is 0. The van der Waals surface area contributed by atoms with Crippen molar-refractivity contribution in [2.75, 3.05) is 11.9 Å². The van der Waals surface area contributed by atoms with Crippen LogP contribution in [-0.2, 0) is 16.1 Å². The zero-order valence-corrected chi connectivity index (χ0v) is 18.0. The van der Waals surface area contributed by atoms with Crippen LogP contribution in [0.25, 0.3) is 0 Å². The molecule has 3 rings (SSSR count). The maximum Gasteiger partial charge on any atom is 0.261 e. The molecule has 0 saturated heterocycles. The van der Waals surface area contributed by atoms with Crippen molar-refractivity contribution in [3.63, 3.8) is 0 Å². The molecule has 0 spiro atoms. The quantitative estimate of drug-likeness (QED) is 0.640. The summed E-state index contributed by atoms with van der Waals surface area (Å²) < 4.78 is 0. The van der Waals surface area contributed by atoms with Gasteiger partial charge in [-0.1, -0.05) is 37.6 Å². The number of aryl methyl sites for hydroxylation is 1. The highest BCUT2D eigenvalue weighted by Crippen LogP contribution is 2.24. The Balaban J connectivity index is 1.51. The van der Waals surface area contributed by atoms with Gasteiger partial charge in [0.25, 0.3) is 11.8 Å². The normalized spacial score (nSPS) is 13.7. The van der Waals surface area contributed by atoms with Crippen molar-refractivity contribution in [3.8, 4) is 0 Å². The Hall–Kier alpha value is -3.48. The van der Waals surface area contributed by atoms with E-state index < -0.39 is 0 Å². The Morgan fingerprint density at radius 3 is 2.52 bits per heavy atom. The van der Waals surface area contributed by atoms with Crippen LogP contribution < -0.4 is 10.6 Å². The lowest BCUT2D eigenvalue weighted by atomic mass is 10.1. The molecule has 7 heteroatoms. The second kappa shape index (κ2) is 9.55. The van der Waals surface area contributed by atoms with Crippen LogP contribution in [0.3, 0.4) is 0 Å². The highest BCUT2D eigenvalue weighted by atomic mass is 16.2. The maximum absolute atomic E-state index is 12.5. The summed E-state index contributed by atoms with van der Waals surface area (Å²) in [5.74, 6) is -1.10. The number of fused-ring (bicyclic) bond motifs is 1. The minimum atomic E-state index is -0.363. The molecule has 1 atom stereocenters. The summed E-state index contributed by atoms with van der Waals surface area (Å²) in [5.41, 5.74) is 3.20. The van der Waals surface area contributed by atoms with E-state index in [1.165, 1.54) is 0 Å². The highest BCUT2D eigenvalue weighted by molar-refractivity contribution is 6.21. The van der Waals surface area contributed by atoms with E-state index in [0.29, 0.717) is 16.8 Å². The molecule has 1 heterocycles. The molecule has 1 aliphatic heterocycles. The van der Waals surface area contributed by atoms with E-state index in [1.54, 1.807) is 24.3 Å². The molecule has 2 N–H and O–H groups in total. The van der Waals surface area contributed by atoms with Crippen LogP contribution in [0.2, 0.25) is 0 Å². The number of hydrogen-bond donors (Lipinski definition) is 2. The molecule has 2 aromatic rings. The smallest absolute Gasteiger partial charge is 0.261 e. The first-order chi connectivity index (χ1) is 14.8. The number of amides is 4. The van der Waals surface area contributed by atoms with Gasteiger partial charge in [-0.3, -0.25) is 24.1 Å². The molecule has 1 aliphatic rings. The first kappa shape index (κ1) is 22.2. The van der Waals surface area contributed by atoms with Gasteiger partial charge >= 0.3 is 0 Å². The van der Waals surface area contributed by atoms with Crippen molar-refractivity contribution in [2.45, 2.75) is 40.2 Å². The fraction of sp³-hybridized carbons (Fsp3) is 0.333. The van der Waals surface area contributed by atoms with Gasteiger partial charge in [0.2, 0.25) is 11.8 Å². The summed E-state index contributed by atoms with van der Waals surface area (Å²) in [6, 6.07) is 12.4. The molecule has 31 heavy (non-hydrogen) atoms. The van der Waals surface area contributed by atoms with Crippen molar-refractivity contribution in [1.29, 1.82) is 0 Å². The fourth-order valence-corrected chi connectivity index (χ4v) is 3.32. The van der Waals surface area contributed by atoms with Crippen molar-refractivity contribution in [2.24, 2.45) is 5.92 Å². The van der Waals surface area contributed by atoms with Crippen LogP contribution in [-0.4, -0.2) is 35.1 Å². The molecule has 2 aromatic carbocycles. The van der Waals surface area contributed by atoms with Gasteiger partial charge in [-0.25, -0.2) is 0 Å². The first-order valence-corrected chi connectivity index (χ1v) is 10.4. The molecule has 4 amide bonds. The van der Waals surface area contributed by atoms with E-state index in [-0.39, 0.29) is 49.1 Å². The van der Waals surface area contributed by atoms with Crippen molar-refractivity contribution in [1.82, 2.24) is 10.2 Å². The number of rotatable bonds is 8. The number of anilines is 1. The SMILES string of the molecule is CCC(C)C(=O)Nc1cccc(CNC(=O)CCN2C(=O)c3ccc(C)cc3C2=O)c1. The molecule has 0 radical (unpaired) electrons. The largest absolute Gasteiger partial charge is 0.352 e. The summed E-state index contributed by atoms with van der Waals surface area (Å²) in [4.78, 5) is 50.4. The lowest BCUT2D eigenvalue weighted by molar-refractivity contribution is -0.121. The van der Waals surface area contributed by atoms with Crippen molar-refractivity contribution >= 4 is 29.3 Å². The van der Waals surface area contributed by atoms with Crippen LogP contribution >= 0.6 is 0 Å². The number of imide groups is 1. The van der Waals surface area contributed by atoms with Gasteiger partial charge in [0, 0.05) is 31.1 Å². The van der Waals surface area contributed by atoms with E-state index in [4.69, 9.17) is 0 Å². The second-order valence-electron chi connectivity index (χ2n) is 7.84. The minimum absolute atomic E-state index is 0.0227. The fourth-order valence-electron chi connectivity index (χ4n) is 3.32. The van der Waals surface area contributed by atoms with Gasteiger partial charge in [0.05, 0.1) is 11.1 Å². The maximum atomic E-state index is 12.5. The van der Waals surface area contributed by atoms with Crippen LogP contribution in [0.5, 0.6) is 0 Å². The molecule has 1 unspecified atom stereocenters. The molecule has 0 fully saturated rings. The predicted molar refractivity (Wildman–Crippen MR) is 118 cm³/mol. The van der Waals surface area contributed by atoms with Gasteiger partial charge < -0.3 is 10.6 Å². The number of nitrogens with one attached hydrogen (secondary N) is 2. The van der Waals surface area contributed by atoms with Gasteiger partial charge in [0.15, 0.2) is 0 Å². The molecular weight excluding hydrogens is 394 g/mol. The minimum Gasteiger partial charge on any atom is -0.352 e. The Morgan fingerprint density at radius 2 is 1.77 bits per heavy atom. The van der Waals surface area contributed by atoms with Crippen molar-refractivity contribution in [3.05, 3.63) is 64.7 Å². The van der Waals surface area contributed by atoms with Gasteiger partial charge in [-0.15, -0.1) is 0 Å². The third kappa shape index (κ3) is 5.17. The van der Waals surface area contributed by atoms with E-state index >= 15 is 0 Å². The van der Waals surface area contributed by atoms with Gasteiger partial charge in [-0.05, 0) is 43.2 Å². The van der Waals surface area contributed by atoms with E-state index in [0.717, 1.165) is 22.4 Å². The highest BCUT2D eigenvalue weighted by Gasteiger charge is 2.35. The average molecular weight is 421 g/mol. The summed E-state index contributed by atoms with van der Waals surface area (Å²) in [6.07, 6.45) is 0.781. The summed E-state index contributed by atoms with van der Waals surface area (Å²) in [5, 5.41) is 5.67. The third-order valence-corrected chi connectivity index (χ3v) is 5.43. The number of carbonyl (C=O) groups is 4. The van der Waals surface area contributed by atoms with E-state index in [1.807, 2.05) is 39.0 Å². The Morgan fingerprint density at radius 1 is 1.03 bits per heavy atom. The Labute approximate surface area is 181 Å². The van der Waals surface area contributed by atoms with E-state index in [2.05, 4.69) is 10.6 Å². The summed E-state index contributed by atoms with van der Waals surface area (Å²) in [6.45, 7) is 6.00. The average Bonchev–Trinajstić information content (AvgIpc) is 2.99. The lowest BCUT2D eigenvalue weighted by Gasteiger charge is -2.14. The molecule has 7 nitrogen and oxygen atoms in total. The monoisotopic (exact) mass is 421 g/mol. The van der Waals surface area contributed by atoms with Crippen molar-refractivity contribution < 1.29 is 19.2 Å².